The molecule has 0 spiro atoms. The second-order valence-electron chi connectivity index (χ2n) is 9.20. The molecule has 1 aromatic rings. The second-order valence-corrected chi connectivity index (χ2v) is 9.20. The standard InChI is InChI=1S/C23H32N2O3/c1-2-3-4-9-28-21(26)19-5-7-20(8-6-19)24-22(27)25-23-13-16-10-17(14-23)12-18(11-16)15-23/h5-8,16-18H,2-4,9-15H2,1H3,(H2,24,25,27). The number of rotatable bonds is 7. The third-order valence-electron chi connectivity index (χ3n) is 6.78. The van der Waals surface area contributed by atoms with Crippen LogP contribution in [0.15, 0.2) is 24.3 Å². The van der Waals surface area contributed by atoms with Crippen LogP contribution in [0.4, 0.5) is 10.5 Å². The minimum absolute atomic E-state index is 0.00106. The number of nitrogens with one attached hydrogen (secondary N) is 2. The van der Waals surface area contributed by atoms with Crippen molar-refractivity contribution in [2.45, 2.75) is 70.3 Å². The van der Waals surface area contributed by atoms with Crippen LogP contribution in [0.3, 0.4) is 0 Å². The molecule has 5 heteroatoms. The van der Waals surface area contributed by atoms with Crippen LogP contribution in [0, 0.1) is 17.8 Å². The van der Waals surface area contributed by atoms with Gasteiger partial charge in [-0.1, -0.05) is 19.8 Å². The Balaban J connectivity index is 1.28. The van der Waals surface area contributed by atoms with E-state index in [0.717, 1.165) is 56.3 Å². The van der Waals surface area contributed by atoms with Crippen molar-refractivity contribution < 1.29 is 14.3 Å². The largest absolute Gasteiger partial charge is 0.462 e. The lowest BCUT2D eigenvalue weighted by atomic mass is 9.53. The molecular formula is C23H32N2O3. The van der Waals surface area contributed by atoms with Crippen molar-refractivity contribution in [1.29, 1.82) is 0 Å². The molecule has 4 aliphatic rings. The van der Waals surface area contributed by atoms with Crippen LogP contribution < -0.4 is 10.6 Å². The van der Waals surface area contributed by atoms with Crippen molar-refractivity contribution in [2.75, 3.05) is 11.9 Å². The number of carbonyl (C=O) groups is 2. The molecule has 0 aromatic heterocycles. The minimum atomic E-state index is -0.305. The smallest absolute Gasteiger partial charge is 0.338 e. The molecule has 28 heavy (non-hydrogen) atoms. The van der Waals surface area contributed by atoms with Crippen LogP contribution in [-0.2, 0) is 4.74 Å². The summed E-state index contributed by atoms with van der Waals surface area (Å²) < 4.78 is 5.27. The zero-order chi connectivity index (χ0) is 19.6. The average Bonchev–Trinajstić information content (AvgIpc) is 2.64. The SMILES string of the molecule is CCCCCOC(=O)c1ccc(NC(=O)NC23CC4CC(CC(C4)C2)C3)cc1. The number of hydrogen-bond donors (Lipinski definition) is 2. The van der Waals surface area contributed by atoms with Crippen molar-refractivity contribution in [2.24, 2.45) is 17.8 Å². The first-order chi connectivity index (χ1) is 13.5. The van der Waals surface area contributed by atoms with E-state index in [1.165, 1.54) is 19.3 Å². The van der Waals surface area contributed by atoms with Gasteiger partial charge in [-0.25, -0.2) is 9.59 Å². The lowest BCUT2D eigenvalue weighted by molar-refractivity contribution is -0.0127. The quantitative estimate of drug-likeness (QED) is 0.506. The summed E-state index contributed by atoms with van der Waals surface area (Å²) in [5, 5.41) is 6.25. The molecule has 0 saturated heterocycles. The molecular weight excluding hydrogens is 352 g/mol. The Morgan fingerprint density at radius 3 is 2.18 bits per heavy atom. The predicted molar refractivity (Wildman–Crippen MR) is 109 cm³/mol. The summed E-state index contributed by atoms with van der Waals surface area (Å²) in [6.07, 6.45) is 10.5. The van der Waals surface area contributed by atoms with Crippen LogP contribution in [-0.4, -0.2) is 24.1 Å². The first-order valence-electron chi connectivity index (χ1n) is 10.9. The van der Waals surface area contributed by atoms with Crippen molar-refractivity contribution >= 4 is 17.7 Å². The lowest BCUT2D eigenvalue weighted by Gasteiger charge is -2.56. The van der Waals surface area contributed by atoms with Gasteiger partial charge in [-0.3, -0.25) is 0 Å². The van der Waals surface area contributed by atoms with E-state index < -0.39 is 0 Å². The van der Waals surface area contributed by atoms with Crippen molar-refractivity contribution in [1.82, 2.24) is 5.32 Å². The summed E-state index contributed by atoms with van der Waals surface area (Å²) in [6, 6.07) is 6.83. The fourth-order valence-electron chi connectivity index (χ4n) is 5.96. The number of urea groups is 1. The summed E-state index contributed by atoms with van der Waals surface area (Å²) in [6.45, 7) is 2.58. The van der Waals surface area contributed by atoms with Gasteiger partial charge in [0.1, 0.15) is 0 Å². The topological polar surface area (TPSA) is 67.4 Å². The molecule has 4 aliphatic carbocycles. The van der Waals surface area contributed by atoms with Crippen LogP contribution in [0.5, 0.6) is 0 Å². The van der Waals surface area contributed by atoms with Gasteiger partial charge in [0, 0.05) is 11.2 Å². The van der Waals surface area contributed by atoms with Crippen molar-refractivity contribution in [3.63, 3.8) is 0 Å². The summed E-state index contributed by atoms with van der Waals surface area (Å²) in [4.78, 5) is 24.6. The van der Waals surface area contributed by atoms with E-state index in [1.807, 2.05) is 0 Å². The van der Waals surface area contributed by atoms with Crippen molar-refractivity contribution in [3.05, 3.63) is 29.8 Å². The third-order valence-corrected chi connectivity index (χ3v) is 6.78. The van der Waals surface area contributed by atoms with Crippen LogP contribution >= 0.6 is 0 Å². The Bertz CT molecular complexity index is 678. The maximum absolute atomic E-state index is 12.6. The normalized spacial score (nSPS) is 30.1. The number of carbonyl (C=O) groups excluding carboxylic acids is 2. The molecule has 4 bridgehead atoms. The number of anilines is 1. The zero-order valence-corrected chi connectivity index (χ0v) is 16.8. The number of benzene rings is 1. The Morgan fingerprint density at radius 1 is 1.00 bits per heavy atom. The molecule has 0 aliphatic heterocycles. The third kappa shape index (κ3) is 4.34. The number of ether oxygens (including phenoxy) is 1. The predicted octanol–water partition coefficient (Wildman–Crippen LogP) is 5.12. The van der Waals surface area contributed by atoms with Gasteiger partial charge in [0.2, 0.25) is 0 Å². The van der Waals surface area contributed by atoms with E-state index in [0.29, 0.717) is 17.9 Å². The molecule has 2 amide bonds. The lowest BCUT2D eigenvalue weighted by Crippen LogP contribution is -2.60. The Labute approximate surface area is 167 Å². The summed E-state index contributed by atoms with van der Waals surface area (Å²) in [5.74, 6) is 2.10. The molecule has 152 valence electrons. The van der Waals surface area contributed by atoms with E-state index >= 15 is 0 Å². The van der Waals surface area contributed by atoms with Gasteiger partial charge in [0.15, 0.2) is 0 Å². The van der Waals surface area contributed by atoms with E-state index in [2.05, 4.69) is 17.6 Å². The van der Waals surface area contributed by atoms with Crippen molar-refractivity contribution in [3.8, 4) is 0 Å². The molecule has 5 nitrogen and oxygen atoms in total. The highest BCUT2D eigenvalue weighted by atomic mass is 16.5. The average molecular weight is 385 g/mol. The number of hydrogen-bond acceptors (Lipinski definition) is 3. The fourth-order valence-corrected chi connectivity index (χ4v) is 5.96. The van der Waals surface area contributed by atoms with Gasteiger partial charge >= 0.3 is 12.0 Å². The highest BCUT2D eigenvalue weighted by Gasteiger charge is 2.51. The van der Waals surface area contributed by atoms with Gasteiger partial charge in [-0.15, -0.1) is 0 Å². The molecule has 5 rings (SSSR count). The highest BCUT2D eigenvalue weighted by Crippen LogP contribution is 2.55. The molecule has 0 radical (unpaired) electrons. The number of amides is 2. The maximum atomic E-state index is 12.6. The van der Waals surface area contributed by atoms with Gasteiger partial charge in [-0.05, 0) is 87.0 Å². The fraction of sp³-hybridized carbons (Fsp3) is 0.652. The van der Waals surface area contributed by atoms with Gasteiger partial charge < -0.3 is 15.4 Å². The van der Waals surface area contributed by atoms with E-state index in [-0.39, 0.29) is 17.5 Å². The molecule has 0 unspecified atom stereocenters. The van der Waals surface area contributed by atoms with E-state index in [9.17, 15) is 9.59 Å². The van der Waals surface area contributed by atoms with Gasteiger partial charge in [0.05, 0.1) is 12.2 Å². The van der Waals surface area contributed by atoms with E-state index in [1.54, 1.807) is 24.3 Å². The first-order valence-corrected chi connectivity index (χ1v) is 10.9. The molecule has 2 N–H and O–H groups in total. The first kappa shape index (κ1) is 19.3. The second kappa shape index (κ2) is 8.14. The Kier molecular flexibility index (Phi) is 5.61. The zero-order valence-electron chi connectivity index (χ0n) is 16.8. The van der Waals surface area contributed by atoms with Crippen LogP contribution in [0.2, 0.25) is 0 Å². The molecule has 4 saturated carbocycles. The van der Waals surface area contributed by atoms with Gasteiger partial charge in [0.25, 0.3) is 0 Å². The highest BCUT2D eigenvalue weighted by molar-refractivity contribution is 5.92. The molecule has 0 heterocycles. The molecule has 1 aromatic carbocycles. The van der Waals surface area contributed by atoms with Gasteiger partial charge in [-0.2, -0.15) is 0 Å². The van der Waals surface area contributed by atoms with Crippen LogP contribution in [0.25, 0.3) is 0 Å². The number of esters is 1. The summed E-state index contributed by atoms with van der Waals surface area (Å²) >= 11 is 0. The molecule has 0 atom stereocenters. The number of unbranched alkanes of at least 4 members (excludes halogenated alkanes) is 2. The summed E-state index contributed by atoms with van der Waals surface area (Å²) in [7, 11) is 0. The maximum Gasteiger partial charge on any atom is 0.338 e. The monoisotopic (exact) mass is 384 g/mol. The summed E-state index contributed by atoms with van der Waals surface area (Å²) in [5.41, 5.74) is 1.22. The Morgan fingerprint density at radius 2 is 1.61 bits per heavy atom. The molecule has 4 fully saturated rings. The minimum Gasteiger partial charge on any atom is -0.462 e. The van der Waals surface area contributed by atoms with Crippen LogP contribution in [0.1, 0.15) is 75.1 Å². The Hall–Kier alpha value is -2.04. The van der Waals surface area contributed by atoms with E-state index in [4.69, 9.17) is 4.74 Å².